The Morgan fingerprint density at radius 3 is 2.78 bits per heavy atom. The molecule has 8 heteroatoms. The van der Waals surface area contributed by atoms with Crippen LogP contribution < -0.4 is 20.5 Å². The fraction of sp³-hybridized carbons (Fsp3) is 0.375. The zero-order valence-corrected chi connectivity index (χ0v) is 18.3. The van der Waals surface area contributed by atoms with Crippen molar-refractivity contribution in [3.63, 3.8) is 0 Å². The van der Waals surface area contributed by atoms with Gasteiger partial charge in [-0.05, 0) is 55.1 Å². The van der Waals surface area contributed by atoms with Gasteiger partial charge in [0, 0.05) is 11.7 Å². The number of nitrogen functional groups attached to an aromatic ring is 1. The molecule has 5 rings (SSSR count). The van der Waals surface area contributed by atoms with E-state index in [9.17, 15) is 0 Å². The first-order chi connectivity index (χ1) is 15.7. The van der Waals surface area contributed by atoms with Crippen LogP contribution in [-0.4, -0.2) is 39.6 Å². The molecule has 0 aliphatic carbocycles. The number of para-hydroxylation sites is 1. The maximum Gasteiger partial charge on any atom is 0.232 e. The van der Waals surface area contributed by atoms with Gasteiger partial charge < -0.3 is 20.5 Å². The maximum absolute atomic E-state index is 6.03. The summed E-state index contributed by atoms with van der Waals surface area (Å²) in [5, 5.41) is 3.32. The fourth-order valence-corrected chi connectivity index (χ4v) is 4.48. The number of anilines is 3. The van der Waals surface area contributed by atoms with E-state index in [1.54, 1.807) is 0 Å². The SMILES string of the molecule is CCc1ccccc1Nc1nc(N)nc(CN2CCCC2c2ccc3c(c2)OCCO3)n1. The van der Waals surface area contributed by atoms with Crippen LogP contribution in [0.5, 0.6) is 11.5 Å². The van der Waals surface area contributed by atoms with Gasteiger partial charge in [0.15, 0.2) is 11.5 Å². The van der Waals surface area contributed by atoms with Crippen molar-refractivity contribution in [1.29, 1.82) is 0 Å². The average Bonchev–Trinajstić information content (AvgIpc) is 3.27. The van der Waals surface area contributed by atoms with Crippen LogP contribution in [0.15, 0.2) is 42.5 Å². The Morgan fingerprint density at radius 1 is 1.06 bits per heavy atom. The number of aromatic nitrogens is 3. The van der Waals surface area contributed by atoms with Crippen molar-refractivity contribution >= 4 is 17.6 Å². The molecule has 1 saturated heterocycles. The summed E-state index contributed by atoms with van der Waals surface area (Å²) < 4.78 is 11.5. The lowest BCUT2D eigenvalue weighted by Gasteiger charge is -2.26. The molecular formula is C24H28N6O2. The Kier molecular flexibility index (Phi) is 5.77. The third-order valence-corrected chi connectivity index (χ3v) is 6.00. The van der Waals surface area contributed by atoms with Crippen molar-refractivity contribution in [3.8, 4) is 11.5 Å². The van der Waals surface area contributed by atoms with E-state index in [4.69, 9.17) is 15.2 Å². The highest BCUT2D eigenvalue weighted by Crippen LogP contribution is 2.38. The highest BCUT2D eigenvalue weighted by Gasteiger charge is 2.28. The summed E-state index contributed by atoms with van der Waals surface area (Å²) >= 11 is 0. The zero-order valence-electron chi connectivity index (χ0n) is 18.3. The van der Waals surface area contributed by atoms with E-state index in [0.29, 0.717) is 31.5 Å². The molecule has 0 spiro atoms. The number of rotatable bonds is 6. The molecule has 2 aromatic carbocycles. The van der Waals surface area contributed by atoms with Gasteiger partial charge in [-0.3, -0.25) is 4.90 Å². The van der Waals surface area contributed by atoms with E-state index >= 15 is 0 Å². The van der Waals surface area contributed by atoms with E-state index in [2.05, 4.69) is 50.3 Å². The lowest BCUT2D eigenvalue weighted by Crippen LogP contribution is -2.25. The van der Waals surface area contributed by atoms with E-state index in [1.807, 2.05) is 24.3 Å². The van der Waals surface area contributed by atoms with Gasteiger partial charge in [0.1, 0.15) is 19.0 Å². The molecule has 166 valence electrons. The fourth-order valence-electron chi connectivity index (χ4n) is 4.48. The predicted octanol–water partition coefficient (Wildman–Crippen LogP) is 3.87. The first-order valence-electron chi connectivity index (χ1n) is 11.2. The number of likely N-dealkylation sites (tertiary alicyclic amines) is 1. The average molecular weight is 433 g/mol. The van der Waals surface area contributed by atoms with Gasteiger partial charge in [0.05, 0.1) is 6.54 Å². The lowest BCUT2D eigenvalue weighted by molar-refractivity contribution is 0.170. The normalized spacial score (nSPS) is 18.0. The highest BCUT2D eigenvalue weighted by atomic mass is 16.6. The van der Waals surface area contributed by atoms with Crippen molar-refractivity contribution in [2.24, 2.45) is 0 Å². The van der Waals surface area contributed by atoms with Crippen LogP contribution in [0, 0.1) is 0 Å². The van der Waals surface area contributed by atoms with Crippen molar-refractivity contribution in [2.75, 3.05) is 30.8 Å². The molecule has 0 saturated carbocycles. The van der Waals surface area contributed by atoms with Gasteiger partial charge in [-0.2, -0.15) is 15.0 Å². The van der Waals surface area contributed by atoms with Crippen LogP contribution >= 0.6 is 0 Å². The summed E-state index contributed by atoms with van der Waals surface area (Å²) in [6, 6.07) is 14.7. The van der Waals surface area contributed by atoms with E-state index in [-0.39, 0.29) is 12.0 Å². The van der Waals surface area contributed by atoms with Gasteiger partial charge in [0.2, 0.25) is 11.9 Å². The van der Waals surface area contributed by atoms with Gasteiger partial charge >= 0.3 is 0 Å². The first kappa shape index (κ1) is 20.5. The number of benzene rings is 2. The number of aryl methyl sites for hydroxylation is 1. The Morgan fingerprint density at radius 2 is 1.91 bits per heavy atom. The Labute approximate surface area is 187 Å². The van der Waals surface area contributed by atoms with E-state index < -0.39 is 0 Å². The molecule has 0 amide bonds. The molecule has 8 nitrogen and oxygen atoms in total. The quantitative estimate of drug-likeness (QED) is 0.606. The molecule has 32 heavy (non-hydrogen) atoms. The summed E-state index contributed by atoms with van der Waals surface area (Å²) in [5.41, 5.74) is 9.44. The second-order valence-electron chi connectivity index (χ2n) is 8.10. The number of hydrogen-bond acceptors (Lipinski definition) is 8. The summed E-state index contributed by atoms with van der Waals surface area (Å²) in [5.74, 6) is 3.01. The number of fused-ring (bicyclic) bond motifs is 1. The first-order valence-corrected chi connectivity index (χ1v) is 11.2. The molecule has 3 N–H and O–H groups in total. The van der Waals surface area contributed by atoms with Crippen LogP contribution in [0.4, 0.5) is 17.6 Å². The number of nitrogens with zero attached hydrogens (tertiary/aromatic N) is 4. The van der Waals surface area contributed by atoms with Gasteiger partial charge in [-0.25, -0.2) is 0 Å². The molecule has 3 heterocycles. The van der Waals surface area contributed by atoms with Gasteiger partial charge in [-0.1, -0.05) is 31.2 Å². The third kappa shape index (κ3) is 4.31. The molecule has 1 atom stereocenters. The summed E-state index contributed by atoms with van der Waals surface area (Å²) in [4.78, 5) is 15.8. The Bertz CT molecular complexity index is 1110. The molecule has 1 unspecified atom stereocenters. The highest BCUT2D eigenvalue weighted by molar-refractivity contribution is 5.58. The minimum Gasteiger partial charge on any atom is -0.486 e. The number of nitrogens with one attached hydrogen (secondary N) is 1. The maximum atomic E-state index is 6.03. The summed E-state index contributed by atoms with van der Waals surface area (Å²) in [6.07, 6.45) is 3.12. The molecule has 0 radical (unpaired) electrons. The molecule has 1 fully saturated rings. The standard InChI is InChI=1S/C24H28N6O2/c1-2-16-6-3-4-7-18(16)26-24-28-22(27-23(25)29-24)15-30-11-5-8-19(30)17-9-10-20-21(14-17)32-13-12-31-20/h3-4,6-7,9-10,14,19H,2,5,8,11-13,15H2,1H3,(H3,25,26,27,28,29). The van der Waals surface area contributed by atoms with Gasteiger partial charge in [0.25, 0.3) is 0 Å². The smallest absolute Gasteiger partial charge is 0.232 e. The van der Waals surface area contributed by atoms with Crippen LogP contribution in [0.1, 0.15) is 42.8 Å². The third-order valence-electron chi connectivity index (χ3n) is 6.00. The molecule has 2 aliphatic heterocycles. The zero-order chi connectivity index (χ0) is 21.9. The summed E-state index contributed by atoms with van der Waals surface area (Å²) in [6.45, 7) is 4.90. The van der Waals surface area contributed by atoms with E-state index in [1.165, 1.54) is 11.1 Å². The van der Waals surface area contributed by atoms with Crippen molar-refractivity contribution in [1.82, 2.24) is 19.9 Å². The van der Waals surface area contributed by atoms with Crippen molar-refractivity contribution in [2.45, 2.75) is 38.8 Å². The van der Waals surface area contributed by atoms with Crippen molar-refractivity contribution < 1.29 is 9.47 Å². The Balaban J connectivity index is 1.35. The second-order valence-corrected chi connectivity index (χ2v) is 8.10. The Hall–Kier alpha value is -3.39. The molecule has 2 aliphatic rings. The van der Waals surface area contributed by atoms with Crippen LogP contribution in [0.3, 0.4) is 0 Å². The summed E-state index contributed by atoms with van der Waals surface area (Å²) in [7, 11) is 0. The minimum absolute atomic E-state index is 0.224. The molecular weight excluding hydrogens is 404 g/mol. The predicted molar refractivity (Wildman–Crippen MR) is 123 cm³/mol. The second kappa shape index (κ2) is 9.00. The molecule has 0 bridgehead atoms. The topological polar surface area (TPSA) is 98.4 Å². The largest absolute Gasteiger partial charge is 0.486 e. The van der Waals surface area contributed by atoms with Gasteiger partial charge in [-0.15, -0.1) is 0 Å². The monoisotopic (exact) mass is 432 g/mol. The molecule has 1 aromatic heterocycles. The molecule has 3 aromatic rings. The van der Waals surface area contributed by atoms with Crippen LogP contribution in [-0.2, 0) is 13.0 Å². The van der Waals surface area contributed by atoms with E-state index in [0.717, 1.165) is 43.0 Å². The lowest BCUT2D eigenvalue weighted by atomic mass is 10.0. The number of ether oxygens (including phenoxy) is 2. The number of hydrogen-bond donors (Lipinski definition) is 2. The number of nitrogens with two attached hydrogens (primary N) is 1. The van der Waals surface area contributed by atoms with Crippen LogP contribution in [0.2, 0.25) is 0 Å². The van der Waals surface area contributed by atoms with Crippen LogP contribution in [0.25, 0.3) is 0 Å². The van der Waals surface area contributed by atoms with Crippen molar-refractivity contribution in [3.05, 3.63) is 59.4 Å². The minimum atomic E-state index is 0.224.